The van der Waals surface area contributed by atoms with E-state index in [4.69, 9.17) is 0 Å². The Bertz CT molecular complexity index is 129. The van der Waals surface area contributed by atoms with E-state index < -0.39 is 0 Å². The van der Waals surface area contributed by atoms with Gasteiger partial charge >= 0.3 is 0 Å². The molecule has 0 fully saturated rings. The van der Waals surface area contributed by atoms with Crippen LogP contribution in [-0.2, 0) is 0 Å². The zero-order valence-corrected chi connectivity index (χ0v) is 11.9. The maximum atomic E-state index is 3.77. The number of unbranched alkanes of at least 4 members (excludes halogenated alkanes) is 2. The average Bonchev–Trinajstić information content (AvgIpc) is 2.02. The highest BCUT2D eigenvalue weighted by Crippen LogP contribution is 2.16. The van der Waals surface area contributed by atoms with Gasteiger partial charge in [0.15, 0.2) is 0 Å². The molecule has 0 spiro atoms. The second-order valence-corrected chi connectivity index (χ2v) is 6.54. The van der Waals surface area contributed by atoms with Gasteiger partial charge in [-0.2, -0.15) is 0 Å². The van der Waals surface area contributed by atoms with Crippen LogP contribution in [0, 0.1) is 0 Å². The number of nitrogens with zero attached hydrogens (tertiary/aromatic N) is 1. The van der Waals surface area contributed by atoms with E-state index >= 15 is 0 Å². The Morgan fingerprint density at radius 1 is 1.00 bits per heavy atom. The van der Waals surface area contributed by atoms with E-state index in [2.05, 4.69) is 44.0 Å². The van der Waals surface area contributed by atoms with Crippen molar-refractivity contribution < 1.29 is 4.48 Å². The Kier molecular flexibility index (Phi) is 7.94. The summed E-state index contributed by atoms with van der Waals surface area (Å²) in [5.41, 5.74) is 0. The molecule has 0 aromatic carbocycles. The molecule has 0 saturated heterocycles. The minimum Gasteiger partial charge on any atom is -0.331 e. The fourth-order valence-electron chi connectivity index (χ4n) is 1.55. The Balaban J connectivity index is 3.31. The third kappa shape index (κ3) is 10.5. The van der Waals surface area contributed by atoms with Crippen molar-refractivity contribution in [1.29, 1.82) is 0 Å². The van der Waals surface area contributed by atoms with Crippen LogP contribution in [0.4, 0.5) is 0 Å². The monoisotopic (exact) mass is 264 g/mol. The van der Waals surface area contributed by atoms with Crippen LogP contribution >= 0.6 is 15.9 Å². The molecule has 1 nitrogen and oxygen atoms in total. The van der Waals surface area contributed by atoms with Gasteiger partial charge < -0.3 is 4.48 Å². The third-order valence-corrected chi connectivity index (χ3v) is 3.38. The summed E-state index contributed by atoms with van der Waals surface area (Å²) in [5, 5.41) is 0. The van der Waals surface area contributed by atoms with Gasteiger partial charge in [0.05, 0.1) is 27.7 Å². The molecular formula is C12H27BrN+. The molecule has 0 aliphatic rings. The van der Waals surface area contributed by atoms with Gasteiger partial charge in [-0.3, -0.25) is 0 Å². The van der Waals surface area contributed by atoms with Crippen molar-refractivity contribution in [3.63, 3.8) is 0 Å². The second kappa shape index (κ2) is 7.70. The Hall–Kier alpha value is 0.440. The quantitative estimate of drug-likeness (QED) is 0.355. The topological polar surface area (TPSA) is 0 Å². The van der Waals surface area contributed by atoms with Gasteiger partial charge in [0.1, 0.15) is 0 Å². The van der Waals surface area contributed by atoms with Crippen molar-refractivity contribution in [3.8, 4) is 0 Å². The summed E-state index contributed by atoms with van der Waals surface area (Å²) in [5.74, 6) is 0. The lowest BCUT2D eigenvalue weighted by atomic mass is 10.1. The molecule has 0 saturated carbocycles. The summed E-state index contributed by atoms with van der Waals surface area (Å²) in [6, 6.07) is 0. The predicted molar refractivity (Wildman–Crippen MR) is 69.0 cm³/mol. The van der Waals surface area contributed by atoms with E-state index in [0.29, 0.717) is 0 Å². The van der Waals surface area contributed by atoms with Gasteiger partial charge in [0.25, 0.3) is 0 Å². The van der Waals surface area contributed by atoms with Crippen molar-refractivity contribution in [2.24, 2.45) is 0 Å². The van der Waals surface area contributed by atoms with E-state index in [1.807, 2.05) is 0 Å². The molecule has 0 radical (unpaired) electrons. The van der Waals surface area contributed by atoms with Crippen molar-refractivity contribution in [3.05, 3.63) is 0 Å². The fourth-order valence-corrected chi connectivity index (χ4v) is 2.19. The van der Waals surface area contributed by atoms with E-state index in [1.54, 1.807) is 0 Å². The van der Waals surface area contributed by atoms with Crippen molar-refractivity contribution in [2.75, 3.05) is 27.7 Å². The summed E-state index contributed by atoms with van der Waals surface area (Å²) in [4.78, 5) is 0.751. The molecule has 2 heteroatoms. The number of hydrogen-bond acceptors (Lipinski definition) is 0. The molecule has 0 aliphatic heterocycles. The SMILES string of the molecule is CCCCCC(Br)CCC[N+](C)(C)C. The van der Waals surface area contributed by atoms with Crippen LogP contribution in [-0.4, -0.2) is 37.0 Å². The first-order valence-corrected chi connectivity index (χ1v) is 6.82. The normalized spacial score (nSPS) is 14.4. The molecule has 0 heterocycles. The van der Waals surface area contributed by atoms with E-state index in [9.17, 15) is 0 Å². The van der Waals surface area contributed by atoms with Gasteiger partial charge in [-0.15, -0.1) is 0 Å². The average molecular weight is 265 g/mol. The molecule has 0 aromatic rings. The van der Waals surface area contributed by atoms with E-state index in [-0.39, 0.29) is 0 Å². The van der Waals surface area contributed by atoms with Gasteiger partial charge in [0, 0.05) is 4.83 Å². The minimum absolute atomic E-state index is 0.751. The van der Waals surface area contributed by atoms with Crippen LogP contribution in [0.1, 0.15) is 45.4 Å². The third-order valence-electron chi connectivity index (χ3n) is 2.47. The molecule has 0 aromatic heterocycles. The highest BCUT2D eigenvalue weighted by molar-refractivity contribution is 9.09. The molecule has 86 valence electrons. The molecule has 0 rings (SSSR count). The summed E-state index contributed by atoms with van der Waals surface area (Å²) in [6.45, 7) is 3.55. The number of halogens is 1. The van der Waals surface area contributed by atoms with Gasteiger partial charge in [0.2, 0.25) is 0 Å². The van der Waals surface area contributed by atoms with Gasteiger partial charge in [-0.25, -0.2) is 0 Å². The maximum Gasteiger partial charge on any atom is 0.0780 e. The van der Waals surface area contributed by atoms with Crippen LogP contribution in [0.25, 0.3) is 0 Å². The van der Waals surface area contributed by atoms with Crippen LogP contribution in [0.3, 0.4) is 0 Å². The molecule has 1 unspecified atom stereocenters. The van der Waals surface area contributed by atoms with Crippen LogP contribution < -0.4 is 0 Å². The number of quaternary nitrogens is 1. The van der Waals surface area contributed by atoms with Crippen LogP contribution in [0.2, 0.25) is 0 Å². The molecule has 0 amide bonds. The van der Waals surface area contributed by atoms with Gasteiger partial charge in [-0.1, -0.05) is 42.1 Å². The maximum absolute atomic E-state index is 3.77. The lowest BCUT2D eigenvalue weighted by molar-refractivity contribution is -0.870. The summed E-state index contributed by atoms with van der Waals surface area (Å²) < 4.78 is 1.09. The van der Waals surface area contributed by atoms with Crippen LogP contribution in [0.5, 0.6) is 0 Å². The van der Waals surface area contributed by atoms with Crippen molar-refractivity contribution in [2.45, 2.75) is 50.3 Å². The highest BCUT2D eigenvalue weighted by atomic mass is 79.9. The molecule has 0 bridgehead atoms. The summed E-state index contributed by atoms with van der Waals surface area (Å²) in [7, 11) is 6.79. The molecule has 0 aliphatic carbocycles. The summed E-state index contributed by atoms with van der Waals surface area (Å²) >= 11 is 3.77. The minimum atomic E-state index is 0.751. The molecule has 14 heavy (non-hydrogen) atoms. The smallest absolute Gasteiger partial charge is 0.0780 e. The zero-order valence-electron chi connectivity index (χ0n) is 10.4. The Morgan fingerprint density at radius 2 is 1.57 bits per heavy atom. The van der Waals surface area contributed by atoms with Crippen molar-refractivity contribution >= 4 is 15.9 Å². The fraction of sp³-hybridized carbons (Fsp3) is 1.00. The van der Waals surface area contributed by atoms with E-state index in [0.717, 1.165) is 9.31 Å². The zero-order chi connectivity index (χ0) is 11.0. The lowest BCUT2D eigenvalue weighted by Gasteiger charge is -2.24. The first-order valence-electron chi connectivity index (χ1n) is 5.90. The molecule has 1 atom stereocenters. The number of alkyl halides is 1. The molecule has 0 N–H and O–H groups in total. The molecular weight excluding hydrogens is 238 g/mol. The number of rotatable bonds is 8. The number of hydrogen-bond donors (Lipinski definition) is 0. The first kappa shape index (κ1) is 14.4. The first-order chi connectivity index (χ1) is 6.45. The largest absolute Gasteiger partial charge is 0.331 e. The Morgan fingerprint density at radius 3 is 2.07 bits per heavy atom. The predicted octanol–water partition coefficient (Wildman–Crippen LogP) is 3.82. The highest BCUT2D eigenvalue weighted by Gasteiger charge is 2.09. The lowest BCUT2D eigenvalue weighted by Crippen LogP contribution is -2.35. The van der Waals surface area contributed by atoms with E-state index in [1.165, 1.54) is 45.1 Å². The van der Waals surface area contributed by atoms with Gasteiger partial charge in [-0.05, 0) is 19.3 Å². The van der Waals surface area contributed by atoms with Crippen molar-refractivity contribution in [1.82, 2.24) is 0 Å². The second-order valence-electron chi connectivity index (χ2n) is 5.25. The van der Waals surface area contributed by atoms with Crippen LogP contribution in [0.15, 0.2) is 0 Å². The standard InChI is InChI=1S/C12H27BrN/c1-5-6-7-9-12(13)10-8-11-14(2,3)4/h12H,5-11H2,1-4H3/q+1. The Labute approximate surface area is 98.6 Å². The summed E-state index contributed by atoms with van der Waals surface area (Å²) in [6.07, 6.45) is 8.13.